The second kappa shape index (κ2) is 7.76. The molecule has 0 radical (unpaired) electrons. The third-order valence-corrected chi connectivity index (χ3v) is 5.25. The quantitative estimate of drug-likeness (QED) is 0.663. The lowest BCUT2D eigenvalue weighted by Gasteiger charge is -2.25. The maximum absolute atomic E-state index is 5.91. The minimum Gasteiger partial charge on any atom is -0.497 e. The van der Waals surface area contributed by atoms with Crippen LogP contribution in [0.25, 0.3) is 10.9 Å². The topological polar surface area (TPSA) is 55.5 Å². The van der Waals surface area contributed by atoms with Crippen LogP contribution in [0.2, 0.25) is 0 Å². The number of benzene rings is 2. The van der Waals surface area contributed by atoms with Gasteiger partial charge < -0.3 is 24.5 Å². The Bertz CT molecular complexity index is 977. The van der Waals surface area contributed by atoms with Crippen molar-refractivity contribution in [2.75, 3.05) is 27.4 Å². The van der Waals surface area contributed by atoms with Gasteiger partial charge in [0.15, 0.2) is 11.5 Å². The van der Waals surface area contributed by atoms with Crippen molar-refractivity contribution in [1.82, 2.24) is 10.3 Å². The molecule has 1 unspecified atom stereocenters. The molecule has 5 heteroatoms. The molecule has 1 aromatic heterocycles. The molecule has 0 saturated heterocycles. The largest absolute Gasteiger partial charge is 0.497 e. The highest BCUT2D eigenvalue weighted by Gasteiger charge is 2.26. The Hall–Kier alpha value is -2.66. The molecule has 148 valence electrons. The average Bonchev–Trinajstić information content (AvgIpc) is 3.09. The Morgan fingerprint density at radius 1 is 1.04 bits per heavy atom. The molecule has 0 spiro atoms. The van der Waals surface area contributed by atoms with E-state index in [1.807, 2.05) is 12.1 Å². The molecule has 0 saturated carbocycles. The highest BCUT2D eigenvalue weighted by molar-refractivity contribution is 5.86. The van der Waals surface area contributed by atoms with Gasteiger partial charge in [0.25, 0.3) is 0 Å². The van der Waals surface area contributed by atoms with Gasteiger partial charge in [0, 0.05) is 23.1 Å². The van der Waals surface area contributed by atoms with Crippen molar-refractivity contribution in [3.8, 4) is 17.2 Å². The van der Waals surface area contributed by atoms with Crippen molar-refractivity contribution >= 4 is 10.9 Å². The monoisotopic (exact) mass is 380 g/mol. The summed E-state index contributed by atoms with van der Waals surface area (Å²) in [5.41, 5.74) is 4.88. The third kappa shape index (κ3) is 3.42. The molecule has 0 bridgehead atoms. The molecule has 2 heterocycles. The molecule has 2 aromatic carbocycles. The van der Waals surface area contributed by atoms with Gasteiger partial charge in [-0.25, -0.2) is 0 Å². The fourth-order valence-electron chi connectivity index (χ4n) is 3.86. The number of ether oxygens (including phenoxy) is 3. The molecular formula is C23H28N2O3. The highest BCUT2D eigenvalue weighted by atomic mass is 16.5. The van der Waals surface area contributed by atoms with Crippen molar-refractivity contribution in [1.29, 1.82) is 0 Å². The first-order valence-corrected chi connectivity index (χ1v) is 9.83. The summed E-state index contributed by atoms with van der Waals surface area (Å²) in [5, 5.41) is 4.88. The first-order valence-electron chi connectivity index (χ1n) is 9.83. The van der Waals surface area contributed by atoms with Gasteiger partial charge >= 0.3 is 0 Å². The van der Waals surface area contributed by atoms with Crippen LogP contribution in [0.1, 0.15) is 36.7 Å². The van der Waals surface area contributed by atoms with Crippen LogP contribution in [0, 0.1) is 5.92 Å². The molecule has 28 heavy (non-hydrogen) atoms. The lowest BCUT2D eigenvalue weighted by molar-refractivity contribution is 0.256. The zero-order chi connectivity index (χ0) is 19.7. The Kier molecular flexibility index (Phi) is 5.18. The average molecular weight is 380 g/mol. The van der Waals surface area contributed by atoms with E-state index in [0.717, 1.165) is 41.3 Å². The highest BCUT2D eigenvalue weighted by Crippen LogP contribution is 2.37. The maximum atomic E-state index is 5.91. The second-order valence-corrected chi connectivity index (χ2v) is 7.68. The summed E-state index contributed by atoms with van der Waals surface area (Å²) < 4.78 is 16.9. The van der Waals surface area contributed by atoms with Gasteiger partial charge in [0.2, 0.25) is 0 Å². The second-order valence-electron chi connectivity index (χ2n) is 7.68. The van der Waals surface area contributed by atoms with E-state index in [4.69, 9.17) is 14.2 Å². The van der Waals surface area contributed by atoms with Gasteiger partial charge in [0.05, 0.1) is 26.9 Å². The number of hydrogen-bond acceptors (Lipinski definition) is 4. The SMILES string of the molecule is COc1ccc2[nH]c3c(c2c1)CCNC3c1ccc(OCC(C)C)c(OC)c1. The van der Waals surface area contributed by atoms with Crippen LogP contribution in [-0.2, 0) is 6.42 Å². The number of fused-ring (bicyclic) bond motifs is 3. The number of H-pyrrole nitrogens is 1. The summed E-state index contributed by atoms with van der Waals surface area (Å²) in [5.74, 6) is 2.91. The molecule has 0 amide bonds. The standard InChI is InChI=1S/C23H28N2O3/c1-14(2)13-28-20-8-5-15(11-21(20)27-4)22-23-17(9-10-24-22)18-12-16(26-3)6-7-19(18)25-23/h5-8,11-12,14,22,24-25H,9-10,13H2,1-4H3. The molecule has 4 rings (SSSR count). The Balaban J connectivity index is 1.71. The summed E-state index contributed by atoms with van der Waals surface area (Å²) in [4.78, 5) is 3.62. The number of aromatic nitrogens is 1. The zero-order valence-electron chi connectivity index (χ0n) is 17.0. The molecule has 5 nitrogen and oxygen atoms in total. The van der Waals surface area contributed by atoms with Gasteiger partial charge in [-0.3, -0.25) is 0 Å². The fourth-order valence-corrected chi connectivity index (χ4v) is 3.86. The van der Waals surface area contributed by atoms with E-state index >= 15 is 0 Å². The lowest BCUT2D eigenvalue weighted by Crippen LogP contribution is -2.30. The predicted octanol–water partition coefficient (Wildman–Crippen LogP) is 4.46. The fraction of sp³-hybridized carbons (Fsp3) is 0.391. The summed E-state index contributed by atoms with van der Waals surface area (Å²) >= 11 is 0. The molecule has 3 aromatic rings. The van der Waals surface area contributed by atoms with E-state index in [9.17, 15) is 0 Å². The number of nitrogens with one attached hydrogen (secondary N) is 2. The van der Waals surface area contributed by atoms with Crippen molar-refractivity contribution in [3.63, 3.8) is 0 Å². The summed E-state index contributed by atoms with van der Waals surface area (Å²) in [6.07, 6.45) is 0.992. The number of aromatic amines is 1. The lowest BCUT2D eigenvalue weighted by atomic mass is 9.94. The smallest absolute Gasteiger partial charge is 0.161 e. The van der Waals surface area contributed by atoms with E-state index in [1.54, 1.807) is 14.2 Å². The van der Waals surface area contributed by atoms with E-state index in [-0.39, 0.29) is 6.04 Å². The van der Waals surface area contributed by atoms with Crippen LogP contribution in [0.4, 0.5) is 0 Å². The summed E-state index contributed by atoms with van der Waals surface area (Å²) in [6, 6.07) is 12.5. The van der Waals surface area contributed by atoms with Gasteiger partial charge in [-0.2, -0.15) is 0 Å². The van der Waals surface area contributed by atoms with Gasteiger partial charge in [-0.05, 0) is 53.8 Å². The van der Waals surface area contributed by atoms with Crippen LogP contribution in [0.5, 0.6) is 17.2 Å². The molecule has 0 aliphatic carbocycles. The van der Waals surface area contributed by atoms with Crippen LogP contribution < -0.4 is 19.5 Å². The molecule has 1 atom stereocenters. The minimum atomic E-state index is 0.0928. The molecular weight excluding hydrogens is 352 g/mol. The first kappa shape index (κ1) is 18.7. The number of methoxy groups -OCH3 is 2. The predicted molar refractivity (Wildman–Crippen MR) is 112 cm³/mol. The molecule has 2 N–H and O–H groups in total. The van der Waals surface area contributed by atoms with E-state index in [2.05, 4.69) is 48.4 Å². The Labute approximate surface area is 166 Å². The zero-order valence-corrected chi connectivity index (χ0v) is 17.0. The normalized spacial score (nSPS) is 16.2. The minimum absolute atomic E-state index is 0.0928. The van der Waals surface area contributed by atoms with Crippen molar-refractivity contribution in [2.45, 2.75) is 26.3 Å². The molecule has 1 aliphatic rings. The van der Waals surface area contributed by atoms with E-state index in [0.29, 0.717) is 12.5 Å². The van der Waals surface area contributed by atoms with Crippen LogP contribution in [-0.4, -0.2) is 32.4 Å². The molecule has 1 aliphatic heterocycles. The third-order valence-electron chi connectivity index (χ3n) is 5.25. The summed E-state index contributed by atoms with van der Waals surface area (Å²) in [6.45, 7) is 5.87. The Morgan fingerprint density at radius 3 is 2.64 bits per heavy atom. The van der Waals surface area contributed by atoms with E-state index < -0.39 is 0 Å². The van der Waals surface area contributed by atoms with Gasteiger partial charge in [0.1, 0.15) is 5.75 Å². The first-order chi connectivity index (χ1) is 13.6. The van der Waals surface area contributed by atoms with Crippen LogP contribution >= 0.6 is 0 Å². The van der Waals surface area contributed by atoms with Crippen LogP contribution in [0.15, 0.2) is 36.4 Å². The van der Waals surface area contributed by atoms with Gasteiger partial charge in [-0.15, -0.1) is 0 Å². The maximum Gasteiger partial charge on any atom is 0.161 e. The van der Waals surface area contributed by atoms with Crippen molar-refractivity contribution in [2.24, 2.45) is 5.92 Å². The van der Waals surface area contributed by atoms with Crippen LogP contribution in [0.3, 0.4) is 0 Å². The van der Waals surface area contributed by atoms with Crippen molar-refractivity contribution < 1.29 is 14.2 Å². The number of rotatable bonds is 6. The summed E-state index contributed by atoms with van der Waals surface area (Å²) in [7, 11) is 3.40. The Morgan fingerprint density at radius 2 is 1.89 bits per heavy atom. The molecule has 0 fully saturated rings. The van der Waals surface area contributed by atoms with E-state index in [1.165, 1.54) is 16.6 Å². The number of hydrogen-bond donors (Lipinski definition) is 2. The van der Waals surface area contributed by atoms with Crippen molar-refractivity contribution in [3.05, 3.63) is 53.2 Å². The van der Waals surface area contributed by atoms with Gasteiger partial charge in [-0.1, -0.05) is 19.9 Å².